The molecule has 0 fully saturated rings. The van der Waals surface area contributed by atoms with Crippen molar-refractivity contribution in [3.05, 3.63) is 51.2 Å². The SMILES string of the molecule is CCOc1ccc(C(Cl)c2sc(C)cc2C)cc1. The van der Waals surface area contributed by atoms with E-state index in [1.54, 1.807) is 11.3 Å². The van der Waals surface area contributed by atoms with Crippen LogP contribution in [0, 0.1) is 13.8 Å². The minimum absolute atomic E-state index is 0.0700. The van der Waals surface area contributed by atoms with Crippen LogP contribution in [0.5, 0.6) is 5.75 Å². The molecule has 1 aromatic heterocycles. The second-order valence-electron chi connectivity index (χ2n) is 4.27. The molecule has 1 unspecified atom stereocenters. The summed E-state index contributed by atoms with van der Waals surface area (Å²) in [6, 6.07) is 10.2. The van der Waals surface area contributed by atoms with Gasteiger partial charge in [0.25, 0.3) is 0 Å². The first-order valence-electron chi connectivity index (χ1n) is 6.05. The number of thiophene rings is 1. The Morgan fingerprint density at radius 2 is 1.89 bits per heavy atom. The molecule has 1 nitrogen and oxygen atoms in total. The zero-order valence-corrected chi connectivity index (χ0v) is 12.4. The van der Waals surface area contributed by atoms with Gasteiger partial charge in [0.05, 0.1) is 12.0 Å². The lowest BCUT2D eigenvalue weighted by Gasteiger charge is -2.10. The van der Waals surface area contributed by atoms with Crippen LogP contribution in [0.25, 0.3) is 0 Å². The zero-order chi connectivity index (χ0) is 13.1. The molecule has 0 spiro atoms. The van der Waals surface area contributed by atoms with Gasteiger partial charge in [0, 0.05) is 9.75 Å². The third kappa shape index (κ3) is 2.88. The minimum atomic E-state index is -0.0700. The smallest absolute Gasteiger partial charge is 0.119 e. The van der Waals surface area contributed by atoms with Crippen LogP contribution in [0.2, 0.25) is 0 Å². The van der Waals surface area contributed by atoms with Gasteiger partial charge in [-0.1, -0.05) is 12.1 Å². The summed E-state index contributed by atoms with van der Waals surface area (Å²) in [4.78, 5) is 2.54. The maximum atomic E-state index is 6.55. The molecule has 3 heteroatoms. The van der Waals surface area contributed by atoms with E-state index in [4.69, 9.17) is 16.3 Å². The molecule has 0 radical (unpaired) electrons. The summed E-state index contributed by atoms with van der Waals surface area (Å²) >= 11 is 8.32. The third-order valence-corrected chi connectivity index (χ3v) is 4.61. The van der Waals surface area contributed by atoms with E-state index >= 15 is 0 Å². The van der Waals surface area contributed by atoms with Crippen molar-refractivity contribution in [3.8, 4) is 5.75 Å². The van der Waals surface area contributed by atoms with Crippen molar-refractivity contribution in [2.45, 2.75) is 26.1 Å². The number of benzene rings is 1. The van der Waals surface area contributed by atoms with Crippen LogP contribution in [0.15, 0.2) is 30.3 Å². The molecule has 0 aliphatic carbocycles. The standard InChI is InChI=1S/C15H17ClOS/c1-4-17-13-7-5-12(6-8-13)14(16)15-10(2)9-11(3)18-15/h5-9,14H,4H2,1-3H3. The van der Waals surface area contributed by atoms with Gasteiger partial charge < -0.3 is 4.74 Å². The number of aryl methyl sites for hydroxylation is 2. The topological polar surface area (TPSA) is 9.23 Å². The molecule has 0 amide bonds. The Morgan fingerprint density at radius 3 is 2.39 bits per heavy atom. The number of alkyl halides is 1. The molecule has 96 valence electrons. The molecular weight excluding hydrogens is 264 g/mol. The molecule has 18 heavy (non-hydrogen) atoms. The Bertz CT molecular complexity index is 516. The second-order valence-corrected chi connectivity index (χ2v) is 5.99. The number of halogens is 1. The molecule has 0 aliphatic heterocycles. The lowest BCUT2D eigenvalue weighted by atomic mass is 10.1. The fourth-order valence-corrected chi connectivity index (χ4v) is 3.46. The van der Waals surface area contributed by atoms with E-state index in [1.807, 2.05) is 31.2 Å². The highest BCUT2D eigenvalue weighted by Crippen LogP contribution is 2.36. The van der Waals surface area contributed by atoms with Gasteiger partial charge in [-0.3, -0.25) is 0 Å². The van der Waals surface area contributed by atoms with Crippen molar-refractivity contribution in [1.82, 2.24) is 0 Å². The van der Waals surface area contributed by atoms with Crippen molar-refractivity contribution in [2.75, 3.05) is 6.61 Å². The number of rotatable bonds is 4. The molecule has 2 rings (SSSR count). The van der Waals surface area contributed by atoms with Crippen LogP contribution in [0.1, 0.15) is 33.2 Å². The molecule has 1 aromatic carbocycles. The maximum absolute atomic E-state index is 6.55. The van der Waals surface area contributed by atoms with Crippen molar-refractivity contribution in [1.29, 1.82) is 0 Å². The summed E-state index contributed by atoms with van der Waals surface area (Å²) in [6.07, 6.45) is 0. The molecule has 0 saturated heterocycles. The Balaban J connectivity index is 2.23. The van der Waals surface area contributed by atoms with E-state index < -0.39 is 0 Å². The average Bonchev–Trinajstić information content (AvgIpc) is 2.69. The monoisotopic (exact) mass is 280 g/mol. The Morgan fingerprint density at radius 1 is 1.22 bits per heavy atom. The van der Waals surface area contributed by atoms with Crippen LogP contribution in [0.4, 0.5) is 0 Å². The van der Waals surface area contributed by atoms with Crippen molar-refractivity contribution >= 4 is 22.9 Å². The fraction of sp³-hybridized carbons (Fsp3) is 0.333. The quantitative estimate of drug-likeness (QED) is 0.709. The van der Waals surface area contributed by atoms with Gasteiger partial charge in [-0.05, 0) is 50.1 Å². The van der Waals surface area contributed by atoms with Crippen molar-refractivity contribution in [2.24, 2.45) is 0 Å². The molecule has 0 N–H and O–H groups in total. The predicted molar refractivity (Wildman–Crippen MR) is 79.1 cm³/mol. The number of hydrogen-bond acceptors (Lipinski definition) is 2. The van der Waals surface area contributed by atoms with E-state index in [-0.39, 0.29) is 5.38 Å². The summed E-state index contributed by atoms with van der Waals surface area (Å²) in [5.41, 5.74) is 2.39. The zero-order valence-electron chi connectivity index (χ0n) is 10.9. The summed E-state index contributed by atoms with van der Waals surface area (Å²) in [5.74, 6) is 0.893. The van der Waals surface area contributed by atoms with E-state index in [2.05, 4.69) is 19.9 Å². The number of ether oxygens (including phenoxy) is 1. The van der Waals surface area contributed by atoms with Crippen LogP contribution in [-0.2, 0) is 0 Å². The van der Waals surface area contributed by atoms with E-state index in [9.17, 15) is 0 Å². The van der Waals surface area contributed by atoms with Gasteiger partial charge in [0.2, 0.25) is 0 Å². The summed E-state index contributed by atoms with van der Waals surface area (Å²) in [6.45, 7) is 6.90. The van der Waals surface area contributed by atoms with Gasteiger partial charge in [-0.2, -0.15) is 0 Å². The Kier molecular flexibility index (Phi) is 4.31. The predicted octanol–water partition coefficient (Wildman–Crippen LogP) is 5.09. The van der Waals surface area contributed by atoms with E-state index in [0.717, 1.165) is 11.3 Å². The first-order valence-corrected chi connectivity index (χ1v) is 7.31. The molecule has 0 bridgehead atoms. The normalized spacial score (nSPS) is 12.4. The van der Waals surface area contributed by atoms with Crippen LogP contribution < -0.4 is 4.74 Å². The molecular formula is C15H17ClOS. The van der Waals surface area contributed by atoms with Gasteiger partial charge >= 0.3 is 0 Å². The van der Waals surface area contributed by atoms with Crippen LogP contribution in [0.3, 0.4) is 0 Å². The first-order chi connectivity index (χ1) is 8.61. The largest absolute Gasteiger partial charge is 0.494 e. The molecule has 0 saturated carbocycles. The Hall–Kier alpha value is -0.990. The van der Waals surface area contributed by atoms with E-state index in [0.29, 0.717) is 6.61 Å². The minimum Gasteiger partial charge on any atom is -0.494 e. The molecule has 1 atom stereocenters. The highest BCUT2D eigenvalue weighted by Gasteiger charge is 2.15. The molecule has 0 aliphatic rings. The van der Waals surface area contributed by atoms with Gasteiger partial charge in [-0.25, -0.2) is 0 Å². The second kappa shape index (κ2) is 5.77. The lowest BCUT2D eigenvalue weighted by molar-refractivity contribution is 0.340. The van der Waals surface area contributed by atoms with Gasteiger partial charge in [0.15, 0.2) is 0 Å². The highest BCUT2D eigenvalue weighted by molar-refractivity contribution is 7.12. The first kappa shape index (κ1) is 13.4. The summed E-state index contributed by atoms with van der Waals surface area (Å²) in [5, 5.41) is -0.0700. The third-order valence-electron chi connectivity index (χ3n) is 2.79. The van der Waals surface area contributed by atoms with E-state index in [1.165, 1.54) is 15.3 Å². The lowest BCUT2D eigenvalue weighted by Crippen LogP contribution is -1.94. The van der Waals surface area contributed by atoms with Crippen LogP contribution >= 0.6 is 22.9 Å². The number of hydrogen-bond donors (Lipinski definition) is 0. The van der Waals surface area contributed by atoms with Gasteiger partial charge in [-0.15, -0.1) is 22.9 Å². The molecule has 2 aromatic rings. The van der Waals surface area contributed by atoms with Crippen LogP contribution in [-0.4, -0.2) is 6.61 Å². The Labute approximate surface area is 117 Å². The van der Waals surface area contributed by atoms with Gasteiger partial charge in [0.1, 0.15) is 5.75 Å². The summed E-state index contributed by atoms with van der Waals surface area (Å²) in [7, 11) is 0. The van der Waals surface area contributed by atoms with Crippen molar-refractivity contribution in [3.63, 3.8) is 0 Å². The maximum Gasteiger partial charge on any atom is 0.119 e. The fourth-order valence-electron chi connectivity index (χ4n) is 1.96. The highest BCUT2D eigenvalue weighted by atomic mass is 35.5. The molecule has 1 heterocycles. The average molecular weight is 281 g/mol. The summed E-state index contributed by atoms with van der Waals surface area (Å²) < 4.78 is 5.43. The van der Waals surface area contributed by atoms with Crippen molar-refractivity contribution < 1.29 is 4.74 Å².